The van der Waals surface area contributed by atoms with Gasteiger partial charge in [-0.25, -0.2) is 9.97 Å². The van der Waals surface area contributed by atoms with E-state index in [0.29, 0.717) is 0 Å². The van der Waals surface area contributed by atoms with Crippen LogP contribution in [0.3, 0.4) is 0 Å². The Morgan fingerprint density at radius 2 is 1.95 bits per heavy atom. The molecule has 0 spiro atoms. The van der Waals surface area contributed by atoms with Crippen molar-refractivity contribution in [1.82, 2.24) is 19.8 Å². The Kier molecular flexibility index (Phi) is 4.94. The van der Waals surface area contributed by atoms with Gasteiger partial charge in [-0.2, -0.15) is 0 Å². The number of likely N-dealkylation sites (N-methyl/N-ethyl adjacent to an activating group) is 1. The fourth-order valence-corrected chi connectivity index (χ4v) is 2.38. The molecule has 1 aromatic heterocycles. The Morgan fingerprint density at radius 3 is 2.60 bits per heavy atom. The van der Waals surface area contributed by atoms with Crippen molar-refractivity contribution in [3.05, 3.63) is 18.0 Å². The van der Waals surface area contributed by atoms with Crippen LogP contribution < -0.4 is 5.32 Å². The maximum absolute atomic E-state index is 4.42. The lowest BCUT2D eigenvalue weighted by Crippen LogP contribution is -2.46. The van der Waals surface area contributed by atoms with E-state index in [1.807, 2.05) is 13.0 Å². The number of rotatable bonds is 5. The highest BCUT2D eigenvalue weighted by atomic mass is 15.2. The summed E-state index contributed by atoms with van der Waals surface area (Å²) >= 11 is 0. The number of nitrogens with one attached hydrogen (secondary N) is 1. The predicted molar refractivity (Wildman–Crippen MR) is 83.0 cm³/mol. The van der Waals surface area contributed by atoms with Crippen molar-refractivity contribution in [3.63, 3.8) is 0 Å². The lowest BCUT2D eigenvalue weighted by atomic mass is 10.0. The van der Waals surface area contributed by atoms with Gasteiger partial charge in [-0.1, -0.05) is 0 Å². The topological polar surface area (TPSA) is 44.3 Å². The third-order valence-electron chi connectivity index (χ3n) is 3.89. The lowest BCUT2D eigenvalue weighted by Gasteiger charge is -2.35. The molecule has 5 heteroatoms. The van der Waals surface area contributed by atoms with Gasteiger partial charge in [0.1, 0.15) is 0 Å². The van der Waals surface area contributed by atoms with Crippen molar-refractivity contribution >= 4 is 5.95 Å². The number of hydrogen-bond donors (Lipinski definition) is 1. The van der Waals surface area contributed by atoms with Crippen LogP contribution in [0.4, 0.5) is 5.95 Å². The normalized spacial score (nSPS) is 18.2. The van der Waals surface area contributed by atoms with Crippen LogP contribution in [-0.4, -0.2) is 65.1 Å². The van der Waals surface area contributed by atoms with Crippen molar-refractivity contribution < 1.29 is 0 Å². The van der Waals surface area contributed by atoms with Crippen molar-refractivity contribution in [3.8, 4) is 0 Å². The van der Waals surface area contributed by atoms with Crippen LogP contribution >= 0.6 is 0 Å². The fourth-order valence-electron chi connectivity index (χ4n) is 2.38. The van der Waals surface area contributed by atoms with Crippen LogP contribution in [0.15, 0.2) is 12.3 Å². The largest absolute Gasteiger partial charge is 0.349 e. The Bertz CT molecular complexity index is 424. The van der Waals surface area contributed by atoms with Gasteiger partial charge in [0.15, 0.2) is 0 Å². The first-order valence-corrected chi connectivity index (χ1v) is 7.43. The smallest absolute Gasteiger partial charge is 0.223 e. The molecule has 0 saturated carbocycles. The zero-order valence-corrected chi connectivity index (χ0v) is 13.2. The molecule has 1 aliphatic heterocycles. The van der Waals surface area contributed by atoms with E-state index in [1.165, 1.54) is 26.2 Å². The number of nitrogens with zero attached hydrogens (tertiary/aromatic N) is 4. The van der Waals surface area contributed by atoms with E-state index in [0.717, 1.165) is 24.6 Å². The van der Waals surface area contributed by atoms with Crippen LogP contribution in [0.25, 0.3) is 0 Å². The molecule has 112 valence electrons. The molecule has 0 radical (unpaired) electrons. The molecule has 0 unspecified atom stereocenters. The van der Waals surface area contributed by atoms with E-state index in [9.17, 15) is 0 Å². The molecule has 1 aromatic rings. The van der Waals surface area contributed by atoms with E-state index < -0.39 is 0 Å². The van der Waals surface area contributed by atoms with Crippen LogP contribution in [-0.2, 0) is 0 Å². The average Bonchev–Trinajstić information content (AvgIpc) is 2.37. The molecular formula is C15H27N5. The summed E-state index contributed by atoms with van der Waals surface area (Å²) in [7, 11) is 2.19. The Balaban J connectivity index is 1.81. The van der Waals surface area contributed by atoms with Crippen molar-refractivity contribution in [1.29, 1.82) is 0 Å². The molecule has 0 amide bonds. The molecule has 2 rings (SSSR count). The number of aromatic nitrogens is 2. The number of piperazine rings is 1. The van der Waals surface area contributed by atoms with Crippen LogP contribution in [0.1, 0.15) is 26.0 Å². The van der Waals surface area contributed by atoms with Crippen molar-refractivity contribution in [2.24, 2.45) is 0 Å². The Labute approximate surface area is 122 Å². The molecule has 1 N–H and O–H groups in total. The summed E-state index contributed by atoms with van der Waals surface area (Å²) in [5, 5.41) is 3.45. The summed E-state index contributed by atoms with van der Waals surface area (Å²) in [5.41, 5.74) is 1.01. The minimum Gasteiger partial charge on any atom is -0.349 e. The second-order valence-electron chi connectivity index (χ2n) is 6.43. The lowest BCUT2D eigenvalue weighted by molar-refractivity contribution is 0.147. The third-order valence-corrected chi connectivity index (χ3v) is 3.89. The van der Waals surface area contributed by atoms with Gasteiger partial charge in [-0.15, -0.1) is 0 Å². The van der Waals surface area contributed by atoms with Gasteiger partial charge in [-0.3, -0.25) is 0 Å². The maximum atomic E-state index is 4.42. The summed E-state index contributed by atoms with van der Waals surface area (Å²) < 4.78 is 0. The van der Waals surface area contributed by atoms with E-state index >= 15 is 0 Å². The molecule has 1 fully saturated rings. The van der Waals surface area contributed by atoms with Crippen molar-refractivity contribution in [2.45, 2.75) is 32.7 Å². The quantitative estimate of drug-likeness (QED) is 0.886. The molecule has 0 bridgehead atoms. The van der Waals surface area contributed by atoms with Crippen LogP contribution in [0.5, 0.6) is 0 Å². The second kappa shape index (κ2) is 6.50. The highest BCUT2D eigenvalue weighted by Gasteiger charge is 2.21. The van der Waals surface area contributed by atoms with Gasteiger partial charge in [0.05, 0.1) is 0 Å². The molecular weight excluding hydrogens is 250 g/mol. The van der Waals surface area contributed by atoms with Gasteiger partial charge < -0.3 is 15.1 Å². The first-order chi connectivity index (χ1) is 9.44. The van der Waals surface area contributed by atoms with E-state index in [1.54, 1.807) is 6.20 Å². The van der Waals surface area contributed by atoms with E-state index in [-0.39, 0.29) is 5.54 Å². The predicted octanol–water partition coefficient (Wildman–Crippen LogP) is 1.61. The monoisotopic (exact) mass is 277 g/mol. The maximum Gasteiger partial charge on any atom is 0.223 e. The van der Waals surface area contributed by atoms with Gasteiger partial charge >= 0.3 is 0 Å². The summed E-state index contributed by atoms with van der Waals surface area (Å²) in [6.45, 7) is 12.2. The second-order valence-corrected chi connectivity index (χ2v) is 6.43. The number of anilines is 1. The minimum atomic E-state index is 0.0111. The Morgan fingerprint density at radius 1 is 1.25 bits per heavy atom. The molecule has 20 heavy (non-hydrogen) atoms. The summed E-state index contributed by atoms with van der Waals surface area (Å²) in [6.07, 6.45) is 2.90. The van der Waals surface area contributed by atoms with Crippen molar-refractivity contribution in [2.75, 3.05) is 45.1 Å². The highest BCUT2D eigenvalue weighted by molar-refractivity contribution is 5.28. The molecule has 1 aliphatic rings. The highest BCUT2D eigenvalue weighted by Crippen LogP contribution is 2.16. The van der Waals surface area contributed by atoms with Gasteiger partial charge in [0.2, 0.25) is 5.95 Å². The standard InChI is InChI=1S/C15H27N5/c1-13-5-7-16-14(17-13)18-15(2,3)6-8-20-11-9-19(4)10-12-20/h5,7H,6,8-12H2,1-4H3,(H,16,17,18). The first-order valence-electron chi connectivity index (χ1n) is 7.43. The van der Waals surface area contributed by atoms with Crippen LogP contribution in [0.2, 0.25) is 0 Å². The fraction of sp³-hybridized carbons (Fsp3) is 0.733. The molecule has 0 aromatic carbocycles. The van der Waals surface area contributed by atoms with E-state index in [2.05, 4.69) is 46.0 Å². The minimum absolute atomic E-state index is 0.0111. The van der Waals surface area contributed by atoms with Crippen LogP contribution in [0, 0.1) is 6.92 Å². The molecule has 0 aliphatic carbocycles. The molecule has 0 atom stereocenters. The zero-order valence-electron chi connectivity index (χ0n) is 13.2. The number of hydrogen-bond acceptors (Lipinski definition) is 5. The third kappa shape index (κ3) is 4.72. The van der Waals surface area contributed by atoms with Gasteiger partial charge in [-0.05, 0) is 40.3 Å². The molecule has 5 nitrogen and oxygen atoms in total. The summed E-state index contributed by atoms with van der Waals surface area (Å²) in [6, 6.07) is 1.92. The molecule has 1 saturated heterocycles. The zero-order chi connectivity index (χ0) is 14.6. The Hall–Kier alpha value is -1.20. The first kappa shape index (κ1) is 15.2. The molecule has 2 heterocycles. The summed E-state index contributed by atoms with van der Waals surface area (Å²) in [4.78, 5) is 13.6. The summed E-state index contributed by atoms with van der Waals surface area (Å²) in [5.74, 6) is 0.730. The number of aryl methyl sites for hydroxylation is 1. The average molecular weight is 277 g/mol. The SMILES string of the molecule is Cc1ccnc(NC(C)(C)CCN2CCN(C)CC2)n1. The van der Waals surface area contributed by atoms with Gasteiger partial charge in [0.25, 0.3) is 0 Å². The van der Waals surface area contributed by atoms with Gasteiger partial charge in [0, 0.05) is 50.2 Å². The van der Waals surface area contributed by atoms with E-state index in [4.69, 9.17) is 0 Å².